The molecule has 0 atom stereocenters. The molecule has 2 heterocycles. The summed E-state index contributed by atoms with van der Waals surface area (Å²) in [5.41, 5.74) is 0.925. The Morgan fingerprint density at radius 1 is 1.00 bits per heavy atom. The van der Waals surface area contributed by atoms with Crippen molar-refractivity contribution >= 4 is 11.8 Å². The summed E-state index contributed by atoms with van der Waals surface area (Å²) < 4.78 is 10.8. The number of nitrogens with zero attached hydrogens (tertiary/aromatic N) is 4. The van der Waals surface area contributed by atoms with E-state index in [0.717, 1.165) is 17.2 Å². The molecule has 0 aliphatic rings. The molecule has 0 aliphatic carbocycles. The Kier molecular flexibility index (Phi) is 6.13. The lowest BCUT2D eigenvalue weighted by molar-refractivity contribution is 0.331. The van der Waals surface area contributed by atoms with Crippen molar-refractivity contribution in [2.75, 3.05) is 30.9 Å². The molecule has 0 spiro atoms. The molecule has 0 unspecified atom stereocenters. The summed E-state index contributed by atoms with van der Waals surface area (Å²) in [5.74, 6) is 2.64. The van der Waals surface area contributed by atoms with Crippen molar-refractivity contribution in [2.24, 2.45) is 0 Å². The Morgan fingerprint density at radius 2 is 1.85 bits per heavy atom. The summed E-state index contributed by atoms with van der Waals surface area (Å²) in [6.07, 6.45) is 3.33. The zero-order valence-corrected chi connectivity index (χ0v) is 14.4. The molecule has 2 N–H and O–H groups in total. The summed E-state index contributed by atoms with van der Waals surface area (Å²) >= 11 is 0. The Morgan fingerprint density at radius 3 is 2.62 bits per heavy atom. The minimum absolute atomic E-state index is 0.439. The smallest absolute Gasteiger partial charge is 0.244 e. The van der Waals surface area contributed by atoms with E-state index in [4.69, 9.17) is 9.47 Å². The molecule has 8 nitrogen and oxygen atoms in total. The third-order valence-corrected chi connectivity index (χ3v) is 3.45. The van der Waals surface area contributed by atoms with Gasteiger partial charge in [-0.2, -0.15) is 10.1 Å². The number of hydrogen-bond acceptors (Lipinski definition) is 8. The normalized spacial score (nSPS) is 10.2. The van der Waals surface area contributed by atoms with Gasteiger partial charge < -0.3 is 20.1 Å². The van der Waals surface area contributed by atoms with Crippen LogP contribution < -0.4 is 20.1 Å². The highest BCUT2D eigenvalue weighted by atomic mass is 16.5. The van der Waals surface area contributed by atoms with Crippen molar-refractivity contribution in [3.05, 3.63) is 60.6 Å². The summed E-state index contributed by atoms with van der Waals surface area (Å²) in [4.78, 5) is 8.61. The van der Waals surface area contributed by atoms with Crippen LogP contribution in [0.2, 0.25) is 0 Å². The van der Waals surface area contributed by atoms with E-state index in [1.54, 1.807) is 19.5 Å². The molecule has 3 aromatic rings. The van der Waals surface area contributed by atoms with E-state index in [1.165, 1.54) is 0 Å². The molecule has 0 saturated carbocycles. The molecule has 3 rings (SSSR count). The first-order valence-corrected chi connectivity index (χ1v) is 8.18. The van der Waals surface area contributed by atoms with E-state index >= 15 is 0 Å². The number of ether oxygens (including phenoxy) is 2. The Labute approximate surface area is 151 Å². The maximum absolute atomic E-state index is 5.64. The maximum Gasteiger partial charge on any atom is 0.244 e. The van der Waals surface area contributed by atoms with E-state index in [0.29, 0.717) is 31.5 Å². The van der Waals surface area contributed by atoms with Crippen molar-refractivity contribution in [1.82, 2.24) is 20.2 Å². The van der Waals surface area contributed by atoms with Crippen LogP contribution in [0.3, 0.4) is 0 Å². The largest absolute Gasteiger partial charge is 0.497 e. The van der Waals surface area contributed by atoms with Gasteiger partial charge in [-0.1, -0.05) is 6.07 Å². The summed E-state index contributed by atoms with van der Waals surface area (Å²) in [7, 11) is 1.63. The lowest BCUT2D eigenvalue weighted by Gasteiger charge is -2.09. The number of rotatable bonds is 9. The zero-order valence-electron chi connectivity index (χ0n) is 14.4. The number of benzene rings is 1. The topological polar surface area (TPSA) is 94.1 Å². The highest BCUT2D eigenvalue weighted by molar-refractivity contribution is 5.37. The molecular formula is C18H20N6O2. The summed E-state index contributed by atoms with van der Waals surface area (Å²) in [5, 5.41) is 14.2. The number of pyridine rings is 1. The van der Waals surface area contributed by atoms with Crippen LogP contribution >= 0.6 is 0 Å². The number of nitrogens with one attached hydrogen (secondary N) is 2. The van der Waals surface area contributed by atoms with E-state index in [1.807, 2.05) is 42.5 Å². The van der Waals surface area contributed by atoms with Crippen LogP contribution in [0, 0.1) is 0 Å². The lowest BCUT2D eigenvalue weighted by atomic mass is 10.3. The zero-order chi connectivity index (χ0) is 18.0. The van der Waals surface area contributed by atoms with Gasteiger partial charge in [0.15, 0.2) is 5.82 Å². The number of anilines is 2. The van der Waals surface area contributed by atoms with Crippen molar-refractivity contribution in [2.45, 2.75) is 6.54 Å². The van der Waals surface area contributed by atoms with Gasteiger partial charge in [0.1, 0.15) is 18.1 Å². The number of hydrogen-bond donors (Lipinski definition) is 2. The van der Waals surface area contributed by atoms with Crippen LogP contribution in [0.1, 0.15) is 5.69 Å². The summed E-state index contributed by atoms with van der Waals surface area (Å²) in [6.45, 7) is 1.60. The van der Waals surface area contributed by atoms with E-state index in [9.17, 15) is 0 Å². The van der Waals surface area contributed by atoms with Gasteiger partial charge >= 0.3 is 0 Å². The predicted molar refractivity (Wildman–Crippen MR) is 98.4 cm³/mol. The fourth-order valence-corrected chi connectivity index (χ4v) is 2.15. The number of aromatic nitrogens is 4. The van der Waals surface area contributed by atoms with Gasteiger partial charge in [-0.3, -0.25) is 4.98 Å². The third-order valence-electron chi connectivity index (χ3n) is 3.45. The monoisotopic (exact) mass is 352 g/mol. The van der Waals surface area contributed by atoms with Gasteiger partial charge in [0.2, 0.25) is 5.95 Å². The first-order chi connectivity index (χ1) is 12.8. The fourth-order valence-electron chi connectivity index (χ4n) is 2.15. The molecule has 26 heavy (non-hydrogen) atoms. The molecule has 0 aliphatic heterocycles. The lowest BCUT2D eigenvalue weighted by Crippen LogP contribution is -2.14. The molecule has 2 aromatic heterocycles. The van der Waals surface area contributed by atoms with Crippen LogP contribution in [0.15, 0.2) is 54.9 Å². The first-order valence-electron chi connectivity index (χ1n) is 8.18. The molecule has 0 radical (unpaired) electrons. The average molecular weight is 352 g/mol. The van der Waals surface area contributed by atoms with Crippen LogP contribution in [-0.4, -0.2) is 40.4 Å². The minimum Gasteiger partial charge on any atom is -0.497 e. The number of methoxy groups -OCH3 is 1. The maximum atomic E-state index is 5.64. The standard InChI is InChI=1S/C18H20N6O2/c1-25-15-5-7-16(8-6-15)26-11-10-20-18-23-17(13-22-24-18)21-12-14-4-2-3-9-19-14/h2-9,13H,10-12H2,1H3,(H2,20,21,23,24). The van der Waals surface area contributed by atoms with E-state index in [2.05, 4.69) is 30.8 Å². The Balaban J connectivity index is 1.43. The van der Waals surface area contributed by atoms with Crippen LogP contribution in [0.5, 0.6) is 11.5 Å². The van der Waals surface area contributed by atoms with Gasteiger partial charge in [0, 0.05) is 6.20 Å². The van der Waals surface area contributed by atoms with Crippen molar-refractivity contribution in [1.29, 1.82) is 0 Å². The highest BCUT2D eigenvalue weighted by Gasteiger charge is 2.01. The van der Waals surface area contributed by atoms with Gasteiger partial charge in [-0.25, -0.2) is 0 Å². The molecule has 0 saturated heterocycles. The molecule has 0 amide bonds. The van der Waals surface area contributed by atoms with E-state index in [-0.39, 0.29) is 0 Å². The van der Waals surface area contributed by atoms with Crippen molar-refractivity contribution in [3.8, 4) is 11.5 Å². The molecular weight excluding hydrogens is 332 g/mol. The van der Waals surface area contributed by atoms with Gasteiger partial charge in [-0.15, -0.1) is 5.10 Å². The quantitative estimate of drug-likeness (QED) is 0.567. The molecule has 1 aromatic carbocycles. The van der Waals surface area contributed by atoms with E-state index < -0.39 is 0 Å². The molecule has 0 fully saturated rings. The summed E-state index contributed by atoms with van der Waals surface area (Å²) in [6, 6.07) is 13.2. The first kappa shape index (κ1) is 17.4. The molecule has 0 bridgehead atoms. The van der Waals surface area contributed by atoms with Crippen molar-refractivity contribution in [3.63, 3.8) is 0 Å². The van der Waals surface area contributed by atoms with Gasteiger partial charge in [0.25, 0.3) is 0 Å². The van der Waals surface area contributed by atoms with Crippen LogP contribution in [0.4, 0.5) is 11.8 Å². The predicted octanol–water partition coefficient (Wildman–Crippen LogP) is 2.38. The molecule has 134 valence electrons. The van der Waals surface area contributed by atoms with Gasteiger partial charge in [0.05, 0.1) is 32.1 Å². The van der Waals surface area contributed by atoms with Crippen LogP contribution in [0.25, 0.3) is 0 Å². The van der Waals surface area contributed by atoms with Crippen molar-refractivity contribution < 1.29 is 9.47 Å². The second-order valence-electron chi connectivity index (χ2n) is 5.29. The van der Waals surface area contributed by atoms with Gasteiger partial charge in [-0.05, 0) is 36.4 Å². The van der Waals surface area contributed by atoms with Crippen LogP contribution in [-0.2, 0) is 6.54 Å². The third kappa shape index (κ3) is 5.30. The minimum atomic E-state index is 0.439. The Bertz CT molecular complexity index is 798. The second kappa shape index (κ2) is 9.16. The SMILES string of the molecule is COc1ccc(OCCNc2nncc(NCc3ccccn3)n2)cc1. The second-order valence-corrected chi connectivity index (χ2v) is 5.29. The molecule has 8 heteroatoms. The Hall–Kier alpha value is -3.42. The average Bonchev–Trinajstić information content (AvgIpc) is 2.71. The highest BCUT2D eigenvalue weighted by Crippen LogP contribution is 2.16. The fraction of sp³-hybridized carbons (Fsp3) is 0.222.